The van der Waals surface area contributed by atoms with E-state index in [1.165, 1.54) is 19.3 Å². The van der Waals surface area contributed by atoms with E-state index in [2.05, 4.69) is 24.5 Å². The molecule has 4 nitrogen and oxygen atoms in total. The number of amides is 1. The molecule has 106 valence electrons. The average Bonchev–Trinajstić information content (AvgIpc) is 2.25. The summed E-state index contributed by atoms with van der Waals surface area (Å²) in [5.74, 6) is 0.0583. The first-order chi connectivity index (χ1) is 8.43. The van der Waals surface area contributed by atoms with Crippen LogP contribution in [0.15, 0.2) is 0 Å². The third kappa shape index (κ3) is 5.83. The molecule has 0 aromatic rings. The largest absolute Gasteiger partial charge is 0.383 e. The van der Waals surface area contributed by atoms with Crippen molar-refractivity contribution < 1.29 is 9.53 Å². The van der Waals surface area contributed by atoms with Gasteiger partial charge in [-0.25, -0.2) is 0 Å². The summed E-state index contributed by atoms with van der Waals surface area (Å²) in [5, 5.41) is 6.29. The Bertz CT molecular complexity index is 267. The maximum absolute atomic E-state index is 11.7. The van der Waals surface area contributed by atoms with Crippen molar-refractivity contribution in [3.8, 4) is 0 Å². The van der Waals surface area contributed by atoms with Crippen LogP contribution in [0, 0.1) is 5.41 Å². The van der Waals surface area contributed by atoms with Crippen LogP contribution in [0.25, 0.3) is 0 Å². The third-order valence-corrected chi connectivity index (χ3v) is 3.58. The van der Waals surface area contributed by atoms with E-state index in [1.54, 1.807) is 7.11 Å². The van der Waals surface area contributed by atoms with E-state index in [0.29, 0.717) is 24.6 Å². The molecule has 18 heavy (non-hydrogen) atoms. The molecule has 0 saturated heterocycles. The normalized spacial score (nSPS) is 24.6. The molecular weight excluding hydrogens is 228 g/mol. The molecule has 1 fully saturated rings. The SMILES string of the molecule is COCC(C)NC(=O)CNC1CCCC(C)(C)C1. The summed E-state index contributed by atoms with van der Waals surface area (Å²) in [5.41, 5.74) is 0.412. The van der Waals surface area contributed by atoms with Crippen molar-refractivity contribution in [1.29, 1.82) is 0 Å². The van der Waals surface area contributed by atoms with E-state index in [0.717, 1.165) is 6.42 Å². The van der Waals surface area contributed by atoms with Crippen LogP contribution in [-0.4, -0.2) is 38.3 Å². The van der Waals surface area contributed by atoms with Gasteiger partial charge in [0, 0.05) is 19.2 Å². The maximum atomic E-state index is 11.7. The second-order valence-electron chi connectivity index (χ2n) is 6.26. The van der Waals surface area contributed by atoms with E-state index in [-0.39, 0.29) is 11.9 Å². The molecule has 0 heterocycles. The first-order valence-corrected chi connectivity index (χ1v) is 6.94. The molecule has 4 heteroatoms. The van der Waals surface area contributed by atoms with Gasteiger partial charge in [0.15, 0.2) is 0 Å². The molecule has 0 spiro atoms. The second kappa shape index (κ2) is 7.10. The number of rotatable bonds is 6. The lowest BCUT2D eigenvalue weighted by Gasteiger charge is -2.35. The minimum atomic E-state index is 0.0583. The average molecular weight is 256 g/mol. The highest BCUT2D eigenvalue weighted by Gasteiger charge is 2.27. The number of ether oxygens (including phenoxy) is 1. The maximum Gasteiger partial charge on any atom is 0.234 e. The van der Waals surface area contributed by atoms with Crippen LogP contribution in [0.1, 0.15) is 46.5 Å². The van der Waals surface area contributed by atoms with Crippen molar-refractivity contribution >= 4 is 5.91 Å². The number of hydrogen-bond acceptors (Lipinski definition) is 3. The zero-order chi connectivity index (χ0) is 13.6. The Morgan fingerprint density at radius 3 is 2.83 bits per heavy atom. The van der Waals surface area contributed by atoms with Gasteiger partial charge in [0.2, 0.25) is 5.91 Å². The smallest absolute Gasteiger partial charge is 0.234 e. The quantitative estimate of drug-likeness (QED) is 0.760. The first kappa shape index (κ1) is 15.4. The molecule has 0 aromatic carbocycles. The number of methoxy groups -OCH3 is 1. The van der Waals surface area contributed by atoms with Crippen LogP contribution in [0.2, 0.25) is 0 Å². The fourth-order valence-electron chi connectivity index (χ4n) is 2.73. The molecule has 0 radical (unpaired) electrons. The summed E-state index contributed by atoms with van der Waals surface area (Å²) in [6.07, 6.45) is 4.90. The predicted molar refractivity (Wildman–Crippen MR) is 73.5 cm³/mol. The van der Waals surface area contributed by atoms with Crippen molar-refractivity contribution in [2.75, 3.05) is 20.3 Å². The Morgan fingerprint density at radius 1 is 1.50 bits per heavy atom. The van der Waals surface area contributed by atoms with Crippen LogP contribution < -0.4 is 10.6 Å². The van der Waals surface area contributed by atoms with Gasteiger partial charge >= 0.3 is 0 Å². The molecule has 2 atom stereocenters. The molecule has 1 aliphatic rings. The highest BCUT2D eigenvalue weighted by molar-refractivity contribution is 5.78. The number of nitrogens with one attached hydrogen (secondary N) is 2. The van der Waals surface area contributed by atoms with Crippen LogP contribution in [0.3, 0.4) is 0 Å². The van der Waals surface area contributed by atoms with E-state index in [9.17, 15) is 4.79 Å². The molecule has 1 saturated carbocycles. The first-order valence-electron chi connectivity index (χ1n) is 6.94. The Labute approximate surface area is 111 Å². The summed E-state index contributed by atoms with van der Waals surface area (Å²) < 4.78 is 4.99. The molecule has 0 bridgehead atoms. The van der Waals surface area contributed by atoms with Gasteiger partial charge in [-0.1, -0.05) is 20.3 Å². The van der Waals surface area contributed by atoms with Crippen molar-refractivity contribution in [3.05, 3.63) is 0 Å². The van der Waals surface area contributed by atoms with Gasteiger partial charge in [-0.3, -0.25) is 4.79 Å². The monoisotopic (exact) mass is 256 g/mol. The minimum Gasteiger partial charge on any atom is -0.383 e. The van der Waals surface area contributed by atoms with Gasteiger partial charge in [0.05, 0.1) is 13.2 Å². The number of hydrogen-bond donors (Lipinski definition) is 2. The van der Waals surface area contributed by atoms with E-state index in [4.69, 9.17) is 4.74 Å². The number of carbonyl (C=O) groups is 1. The van der Waals surface area contributed by atoms with Crippen LogP contribution in [-0.2, 0) is 9.53 Å². The predicted octanol–water partition coefficient (Wildman–Crippen LogP) is 1.70. The Balaban J connectivity index is 2.22. The van der Waals surface area contributed by atoms with Crippen molar-refractivity contribution in [2.45, 2.75) is 58.5 Å². The molecule has 2 N–H and O–H groups in total. The lowest BCUT2D eigenvalue weighted by molar-refractivity contribution is -0.121. The van der Waals surface area contributed by atoms with Crippen molar-refractivity contribution in [3.63, 3.8) is 0 Å². The summed E-state index contributed by atoms with van der Waals surface area (Å²) >= 11 is 0. The summed E-state index contributed by atoms with van der Waals surface area (Å²) in [6, 6.07) is 0.560. The Morgan fingerprint density at radius 2 is 2.22 bits per heavy atom. The lowest BCUT2D eigenvalue weighted by Crippen LogP contribution is -2.45. The Kier molecular flexibility index (Phi) is 6.09. The molecule has 1 rings (SSSR count). The van der Waals surface area contributed by atoms with Gasteiger partial charge in [-0.05, 0) is 31.6 Å². The standard InChI is InChI=1S/C14H28N2O2/c1-11(10-18-4)16-13(17)9-15-12-6-5-7-14(2,3)8-12/h11-12,15H,5-10H2,1-4H3,(H,16,17). The highest BCUT2D eigenvalue weighted by Crippen LogP contribution is 2.34. The molecule has 0 aromatic heterocycles. The lowest BCUT2D eigenvalue weighted by atomic mass is 9.75. The van der Waals surface area contributed by atoms with Gasteiger partial charge in [-0.2, -0.15) is 0 Å². The zero-order valence-electron chi connectivity index (χ0n) is 12.2. The topological polar surface area (TPSA) is 50.4 Å². The molecule has 0 aliphatic heterocycles. The Hall–Kier alpha value is -0.610. The summed E-state index contributed by atoms with van der Waals surface area (Å²) in [6.45, 7) is 7.53. The third-order valence-electron chi connectivity index (χ3n) is 3.58. The minimum absolute atomic E-state index is 0.0583. The second-order valence-corrected chi connectivity index (χ2v) is 6.26. The molecular formula is C14H28N2O2. The zero-order valence-corrected chi connectivity index (χ0v) is 12.2. The van der Waals surface area contributed by atoms with Crippen LogP contribution in [0.4, 0.5) is 0 Å². The van der Waals surface area contributed by atoms with Gasteiger partial charge in [0.1, 0.15) is 0 Å². The summed E-state index contributed by atoms with van der Waals surface area (Å²) in [4.78, 5) is 11.7. The fourth-order valence-corrected chi connectivity index (χ4v) is 2.73. The van der Waals surface area contributed by atoms with Gasteiger partial charge in [0.25, 0.3) is 0 Å². The van der Waals surface area contributed by atoms with E-state index >= 15 is 0 Å². The van der Waals surface area contributed by atoms with Crippen molar-refractivity contribution in [2.24, 2.45) is 5.41 Å². The van der Waals surface area contributed by atoms with Crippen LogP contribution in [0.5, 0.6) is 0 Å². The van der Waals surface area contributed by atoms with E-state index in [1.807, 2.05) is 6.92 Å². The van der Waals surface area contributed by atoms with Crippen LogP contribution >= 0.6 is 0 Å². The molecule has 2 unspecified atom stereocenters. The van der Waals surface area contributed by atoms with Gasteiger partial charge < -0.3 is 15.4 Å². The molecule has 1 amide bonds. The number of carbonyl (C=O) groups excluding carboxylic acids is 1. The fraction of sp³-hybridized carbons (Fsp3) is 0.929. The highest BCUT2D eigenvalue weighted by atomic mass is 16.5. The van der Waals surface area contributed by atoms with Crippen molar-refractivity contribution in [1.82, 2.24) is 10.6 Å². The van der Waals surface area contributed by atoms with E-state index < -0.39 is 0 Å². The van der Waals surface area contributed by atoms with Gasteiger partial charge in [-0.15, -0.1) is 0 Å². The molecule has 1 aliphatic carbocycles. The summed E-state index contributed by atoms with van der Waals surface area (Å²) in [7, 11) is 1.64.